The van der Waals surface area contributed by atoms with Gasteiger partial charge in [-0.25, -0.2) is 14.4 Å². The lowest BCUT2D eigenvalue weighted by Crippen LogP contribution is -2.23. The second-order valence-electron chi connectivity index (χ2n) is 7.35. The first-order valence-electron chi connectivity index (χ1n) is 9.88. The van der Waals surface area contributed by atoms with Crippen LogP contribution in [0.15, 0.2) is 48.1 Å². The molecule has 8 heteroatoms. The maximum absolute atomic E-state index is 14.5. The molecule has 1 unspecified atom stereocenters. The van der Waals surface area contributed by atoms with Gasteiger partial charge in [0.1, 0.15) is 11.3 Å². The highest BCUT2D eigenvalue weighted by atomic mass is 32.1. The highest BCUT2D eigenvalue weighted by Gasteiger charge is 2.21. The van der Waals surface area contributed by atoms with E-state index in [0.29, 0.717) is 11.4 Å². The van der Waals surface area contributed by atoms with Crippen LogP contribution in [-0.4, -0.2) is 34.1 Å². The zero-order chi connectivity index (χ0) is 20.5. The van der Waals surface area contributed by atoms with Gasteiger partial charge in [0.25, 0.3) is 0 Å². The molecule has 6 nitrogen and oxygen atoms in total. The number of benzene rings is 1. The van der Waals surface area contributed by atoms with E-state index in [0.717, 1.165) is 52.5 Å². The fourth-order valence-corrected chi connectivity index (χ4v) is 4.50. The van der Waals surface area contributed by atoms with E-state index in [1.165, 1.54) is 6.20 Å². The van der Waals surface area contributed by atoms with Gasteiger partial charge in [0.15, 0.2) is 11.6 Å². The molecule has 0 spiro atoms. The molecule has 0 amide bonds. The molecule has 0 bridgehead atoms. The van der Waals surface area contributed by atoms with E-state index in [1.807, 2.05) is 23.6 Å². The molecule has 1 atom stereocenters. The predicted octanol–water partition coefficient (Wildman–Crippen LogP) is 4.72. The van der Waals surface area contributed by atoms with Gasteiger partial charge in [-0.15, -0.1) is 11.3 Å². The summed E-state index contributed by atoms with van der Waals surface area (Å²) in [4.78, 5) is 13.3. The number of hydrogen-bond donors (Lipinski definition) is 3. The Hall–Kier alpha value is -3.10. The van der Waals surface area contributed by atoms with Gasteiger partial charge in [-0.2, -0.15) is 0 Å². The van der Waals surface area contributed by atoms with Gasteiger partial charge in [0, 0.05) is 29.9 Å². The minimum Gasteiger partial charge on any atom is -0.365 e. The van der Waals surface area contributed by atoms with E-state index in [9.17, 15) is 4.39 Å². The largest absolute Gasteiger partial charge is 0.365 e. The number of fused-ring (bicyclic) bond motifs is 1. The predicted molar refractivity (Wildman–Crippen MR) is 120 cm³/mol. The van der Waals surface area contributed by atoms with Gasteiger partial charge >= 0.3 is 0 Å². The molecule has 30 heavy (non-hydrogen) atoms. The summed E-state index contributed by atoms with van der Waals surface area (Å²) in [6, 6.07) is 10.00. The van der Waals surface area contributed by atoms with Crippen molar-refractivity contribution in [3.8, 4) is 11.4 Å². The van der Waals surface area contributed by atoms with E-state index < -0.39 is 5.82 Å². The van der Waals surface area contributed by atoms with Crippen LogP contribution in [0.1, 0.15) is 12.0 Å². The van der Waals surface area contributed by atoms with Crippen molar-refractivity contribution >= 4 is 38.7 Å². The lowest BCUT2D eigenvalue weighted by molar-refractivity contribution is 0.623. The Balaban J connectivity index is 1.63. The first-order valence-corrected chi connectivity index (χ1v) is 10.8. The summed E-state index contributed by atoms with van der Waals surface area (Å²) in [7, 11) is 0. The maximum atomic E-state index is 14.5. The fraction of sp³-hybridized carbons (Fsp3) is 0.227. The summed E-state index contributed by atoms with van der Waals surface area (Å²) in [5.41, 5.74) is 4.16. The second-order valence-corrected chi connectivity index (χ2v) is 8.23. The van der Waals surface area contributed by atoms with Crippen molar-refractivity contribution in [2.24, 2.45) is 0 Å². The normalized spacial score (nSPS) is 16.1. The van der Waals surface area contributed by atoms with E-state index in [2.05, 4.69) is 33.9 Å². The standard InChI is InChI=1S/C22H21FN6S/c1-13-4-2-3-5-17(13)27-18-12-30-20-19(18)28-21(15-7-9-25-11-16(15)23)29-22(20)26-14-6-8-24-10-14/h2-5,7,9,11-12,14,24,27H,6,8,10H2,1H3,(H,26,28,29). The minimum absolute atomic E-state index is 0.285. The van der Waals surface area contributed by atoms with Crippen LogP contribution in [0.3, 0.4) is 0 Å². The Labute approximate surface area is 177 Å². The number of hydrogen-bond acceptors (Lipinski definition) is 7. The number of aryl methyl sites for hydroxylation is 1. The lowest BCUT2D eigenvalue weighted by atomic mass is 10.2. The van der Waals surface area contributed by atoms with Crippen LogP contribution >= 0.6 is 11.3 Å². The molecule has 1 aliphatic rings. The molecule has 1 aliphatic heterocycles. The molecule has 5 rings (SSSR count). The smallest absolute Gasteiger partial charge is 0.165 e. The summed E-state index contributed by atoms with van der Waals surface area (Å²) < 4.78 is 15.4. The van der Waals surface area contributed by atoms with Crippen LogP contribution < -0.4 is 16.0 Å². The molecule has 4 heterocycles. The van der Waals surface area contributed by atoms with Crippen molar-refractivity contribution in [3.05, 3.63) is 59.5 Å². The summed E-state index contributed by atoms with van der Waals surface area (Å²) in [6.45, 7) is 3.91. The van der Waals surface area contributed by atoms with Crippen LogP contribution in [0.2, 0.25) is 0 Å². The Kier molecular flexibility index (Phi) is 5.02. The first kappa shape index (κ1) is 18.9. The number of anilines is 3. The lowest BCUT2D eigenvalue weighted by Gasteiger charge is -2.14. The Morgan fingerprint density at radius 2 is 2.07 bits per heavy atom. The number of pyridine rings is 1. The molecule has 1 saturated heterocycles. The molecule has 4 aromatic rings. The van der Waals surface area contributed by atoms with Crippen molar-refractivity contribution in [1.82, 2.24) is 20.3 Å². The molecule has 1 aromatic carbocycles. The van der Waals surface area contributed by atoms with Gasteiger partial charge in [-0.3, -0.25) is 4.98 Å². The maximum Gasteiger partial charge on any atom is 0.165 e. The Bertz CT molecular complexity index is 1200. The van der Waals surface area contributed by atoms with Crippen LogP contribution in [0.5, 0.6) is 0 Å². The summed E-state index contributed by atoms with van der Waals surface area (Å²) >= 11 is 1.58. The van der Waals surface area contributed by atoms with Gasteiger partial charge in [0.2, 0.25) is 0 Å². The molecular formula is C22H21FN6S. The molecule has 1 fully saturated rings. The number of rotatable bonds is 5. The number of aromatic nitrogens is 3. The van der Waals surface area contributed by atoms with Gasteiger partial charge in [0.05, 0.1) is 22.1 Å². The molecule has 3 aromatic heterocycles. The third kappa shape index (κ3) is 3.59. The summed E-state index contributed by atoms with van der Waals surface area (Å²) in [5.74, 6) is 0.652. The van der Waals surface area contributed by atoms with Crippen LogP contribution in [0, 0.1) is 12.7 Å². The van der Waals surface area contributed by atoms with Crippen LogP contribution in [-0.2, 0) is 0 Å². The third-order valence-electron chi connectivity index (χ3n) is 5.24. The molecule has 3 N–H and O–H groups in total. The Morgan fingerprint density at radius 1 is 1.17 bits per heavy atom. The monoisotopic (exact) mass is 420 g/mol. The SMILES string of the molecule is Cc1ccccc1Nc1csc2c(NC3CCNC3)nc(-c3ccncc3F)nc12. The van der Waals surface area contributed by atoms with Gasteiger partial charge in [-0.05, 0) is 37.6 Å². The number of halogens is 1. The van der Waals surface area contributed by atoms with Crippen LogP contribution in [0.25, 0.3) is 21.6 Å². The quantitative estimate of drug-likeness (QED) is 0.434. The van der Waals surface area contributed by atoms with E-state index in [-0.39, 0.29) is 6.04 Å². The average molecular weight is 421 g/mol. The van der Waals surface area contributed by atoms with Crippen molar-refractivity contribution in [3.63, 3.8) is 0 Å². The second kappa shape index (κ2) is 7.97. The van der Waals surface area contributed by atoms with Crippen molar-refractivity contribution < 1.29 is 4.39 Å². The van der Waals surface area contributed by atoms with Gasteiger partial charge in [-0.1, -0.05) is 18.2 Å². The molecular weight excluding hydrogens is 399 g/mol. The Morgan fingerprint density at radius 3 is 2.87 bits per heavy atom. The average Bonchev–Trinajstić information content (AvgIpc) is 3.40. The molecule has 0 saturated carbocycles. The highest BCUT2D eigenvalue weighted by molar-refractivity contribution is 7.18. The fourth-order valence-electron chi connectivity index (χ4n) is 3.61. The number of nitrogens with zero attached hydrogens (tertiary/aromatic N) is 3. The number of thiophene rings is 1. The van der Waals surface area contributed by atoms with E-state index in [4.69, 9.17) is 9.97 Å². The summed E-state index contributed by atoms with van der Waals surface area (Å²) in [6.07, 6.45) is 3.77. The number of nitrogens with one attached hydrogen (secondary N) is 3. The molecule has 0 aliphatic carbocycles. The molecule has 0 radical (unpaired) electrons. The van der Waals surface area contributed by atoms with Crippen molar-refractivity contribution in [2.75, 3.05) is 23.7 Å². The third-order valence-corrected chi connectivity index (χ3v) is 6.22. The minimum atomic E-state index is -0.436. The topological polar surface area (TPSA) is 74.8 Å². The van der Waals surface area contributed by atoms with Crippen molar-refractivity contribution in [1.29, 1.82) is 0 Å². The first-order chi connectivity index (χ1) is 14.7. The van der Waals surface area contributed by atoms with E-state index >= 15 is 0 Å². The summed E-state index contributed by atoms with van der Waals surface area (Å²) in [5, 5.41) is 12.4. The number of para-hydroxylation sites is 1. The zero-order valence-corrected chi connectivity index (χ0v) is 17.3. The highest BCUT2D eigenvalue weighted by Crippen LogP contribution is 2.37. The van der Waals surface area contributed by atoms with E-state index in [1.54, 1.807) is 23.6 Å². The van der Waals surface area contributed by atoms with Crippen LogP contribution in [0.4, 0.5) is 21.6 Å². The van der Waals surface area contributed by atoms with Gasteiger partial charge < -0.3 is 16.0 Å². The van der Waals surface area contributed by atoms with Crippen molar-refractivity contribution in [2.45, 2.75) is 19.4 Å². The molecule has 152 valence electrons. The zero-order valence-electron chi connectivity index (χ0n) is 16.4.